The SMILES string of the molecule is N#Cc1ccc(N2CCCC(NC(=O)NCCCO)C2)c(F)c1. The number of benzene rings is 1. The van der Waals surface area contributed by atoms with Crippen LogP contribution in [0, 0.1) is 17.1 Å². The van der Waals surface area contributed by atoms with Crippen molar-refractivity contribution in [3.8, 4) is 6.07 Å². The van der Waals surface area contributed by atoms with Crippen LogP contribution in [0.3, 0.4) is 0 Å². The fraction of sp³-hybridized carbons (Fsp3) is 0.500. The topological polar surface area (TPSA) is 88.4 Å². The summed E-state index contributed by atoms with van der Waals surface area (Å²) in [7, 11) is 0. The van der Waals surface area contributed by atoms with Crippen LogP contribution in [0.4, 0.5) is 14.9 Å². The first-order chi connectivity index (χ1) is 11.1. The third kappa shape index (κ3) is 4.83. The van der Waals surface area contributed by atoms with Crippen molar-refractivity contribution >= 4 is 11.7 Å². The lowest BCUT2D eigenvalue weighted by Gasteiger charge is -2.35. The van der Waals surface area contributed by atoms with E-state index in [0.717, 1.165) is 12.8 Å². The number of aliphatic hydroxyl groups is 1. The standard InChI is InChI=1S/C16H21FN4O2/c17-14-9-12(10-18)4-5-15(14)21-7-1-3-13(11-21)20-16(23)19-6-2-8-22/h4-5,9,13,22H,1-3,6-8,11H2,(H2,19,20,23). The summed E-state index contributed by atoms with van der Waals surface area (Å²) in [5.41, 5.74) is 0.748. The molecule has 0 bridgehead atoms. The summed E-state index contributed by atoms with van der Waals surface area (Å²) in [6, 6.07) is 6.01. The molecule has 0 radical (unpaired) electrons. The predicted molar refractivity (Wildman–Crippen MR) is 84.6 cm³/mol. The molecule has 1 aromatic carbocycles. The molecule has 1 aliphatic rings. The van der Waals surface area contributed by atoms with Gasteiger partial charge in [0.05, 0.1) is 17.3 Å². The molecule has 2 rings (SSSR count). The quantitative estimate of drug-likeness (QED) is 0.715. The zero-order chi connectivity index (χ0) is 16.7. The minimum absolute atomic E-state index is 0.0372. The third-order valence-corrected chi connectivity index (χ3v) is 3.79. The largest absolute Gasteiger partial charge is 0.396 e. The van der Waals surface area contributed by atoms with E-state index in [-0.39, 0.29) is 18.7 Å². The van der Waals surface area contributed by atoms with E-state index in [9.17, 15) is 9.18 Å². The summed E-state index contributed by atoms with van der Waals surface area (Å²) in [5.74, 6) is -0.419. The third-order valence-electron chi connectivity index (χ3n) is 3.79. The number of urea groups is 1. The number of nitrogens with one attached hydrogen (secondary N) is 2. The van der Waals surface area contributed by atoms with Crippen LogP contribution in [0.15, 0.2) is 18.2 Å². The van der Waals surface area contributed by atoms with Gasteiger partial charge >= 0.3 is 6.03 Å². The molecule has 0 spiro atoms. The fourth-order valence-corrected chi connectivity index (χ4v) is 2.66. The average molecular weight is 320 g/mol. The van der Waals surface area contributed by atoms with Gasteiger partial charge in [-0.15, -0.1) is 0 Å². The van der Waals surface area contributed by atoms with Crippen molar-refractivity contribution in [3.63, 3.8) is 0 Å². The summed E-state index contributed by atoms with van der Waals surface area (Å²) in [4.78, 5) is 13.6. The monoisotopic (exact) mass is 320 g/mol. The van der Waals surface area contributed by atoms with Crippen LogP contribution in [-0.4, -0.2) is 43.4 Å². The van der Waals surface area contributed by atoms with E-state index in [0.29, 0.717) is 37.3 Å². The van der Waals surface area contributed by atoms with E-state index in [4.69, 9.17) is 10.4 Å². The van der Waals surface area contributed by atoms with Crippen molar-refractivity contribution in [1.82, 2.24) is 10.6 Å². The molecule has 1 aromatic rings. The Bertz CT molecular complexity index is 588. The van der Waals surface area contributed by atoms with Gasteiger partial charge in [-0.2, -0.15) is 5.26 Å². The number of hydrogen-bond donors (Lipinski definition) is 3. The number of aliphatic hydroxyl groups excluding tert-OH is 1. The van der Waals surface area contributed by atoms with E-state index in [1.807, 2.05) is 11.0 Å². The molecule has 7 heteroatoms. The maximum Gasteiger partial charge on any atom is 0.315 e. The van der Waals surface area contributed by atoms with Crippen molar-refractivity contribution in [3.05, 3.63) is 29.6 Å². The number of hydrogen-bond acceptors (Lipinski definition) is 4. The predicted octanol–water partition coefficient (Wildman–Crippen LogP) is 1.35. The van der Waals surface area contributed by atoms with Crippen LogP contribution in [0.5, 0.6) is 0 Å². The smallest absolute Gasteiger partial charge is 0.315 e. The molecule has 6 nitrogen and oxygen atoms in total. The number of carbonyl (C=O) groups is 1. The molecule has 0 aromatic heterocycles. The Morgan fingerprint density at radius 2 is 2.35 bits per heavy atom. The van der Waals surface area contributed by atoms with E-state index in [1.54, 1.807) is 12.1 Å². The zero-order valence-corrected chi connectivity index (χ0v) is 12.9. The van der Waals surface area contributed by atoms with E-state index in [2.05, 4.69) is 10.6 Å². The summed E-state index contributed by atoms with van der Waals surface area (Å²) in [6.45, 7) is 1.70. The molecule has 1 unspecified atom stereocenters. The Hall–Kier alpha value is -2.33. The van der Waals surface area contributed by atoms with E-state index >= 15 is 0 Å². The highest BCUT2D eigenvalue weighted by Crippen LogP contribution is 2.24. The van der Waals surface area contributed by atoms with Gasteiger partial charge in [0.1, 0.15) is 5.82 Å². The summed E-state index contributed by atoms with van der Waals surface area (Å²) < 4.78 is 14.1. The molecule has 1 heterocycles. The van der Waals surface area contributed by atoms with Gasteiger partial charge in [-0.05, 0) is 37.5 Å². The first-order valence-electron chi connectivity index (χ1n) is 7.74. The van der Waals surface area contributed by atoms with E-state index < -0.39 is 5.82 Å². The van der Waals surface area contributed by atoms with Gasteiger partial charge < -0.3 is 20.6 Å². The lowest BCUT2D eigenvalue weighted by atomic mass is 10.0. The Balaban J connectivity index is 1.93. The summed E-state index contributed by atoms with van der Waals surface area (Å²) >= 11 is 0. The first kappa shape index (κ1) is 17.0. The molecule has 3 N–H and O–H groups in total. The summed E-state index contributed by atoms with van der Waals surface area (Å²) in [5, 5.41) is 23.0. The number of nitrogens with zero attached hydrogens (tertiary/aromatic N) is 2. The van der Waals surface area contributed by atoms with Crippen LogP contribution in [0.1, 0.15) is 24.8 Å². The van der Waals surface area contributed by atoms with Gasteiger partial charge in [0, 0.05) is 32.3 Å². The van der Waals surface area contributed by atoms with Crippen molar-refractivity contribution < 1.29 is 14.3 Å². The van der Waals surface area contributed by atoms with Crippen molar-refractivity contribution in [2.75, 3.05) is 31.1 Å². The molecular formula is C16H21FN4O2. The van der Waals surface area contributed by atoms with Crippen LogP contribution in [-0.2, 0) is 0 Å². The highest BCUT2D eigenvalue weighted by Gasteiger charge is 2.23. The average Bonchev–Trinajstić information content (AvgIpc) is 2.55. The van der Waals surface area contributed by atoms with E-state index in [1.165, 1.54) is 6.07 Å². The van der Waals surface area contributed by atoms with Crippen LogP contribution in [0.25, 0.3) is 0 Å². The van der Waals surface area contributed by atoms with Gasteiger partial charge in [0.25, 0.3) is 0 Å². The number of anilines is 1. The van der Waals surface area contributed by atoms with Gasteiger partial charge in [-0.3, -0.25) is 0 Å². The van der Waals surface area contributed by atoms with Gasteiger partial charge in [-0.1, -0.05) is 0 Å². The van der Waals surface area contributed by atoms with Crippen molar-refractivity contribution in [1.29, 1.82) is 5.26 Å². The lowest BCUT2D eigenvalue weighted by Crippen LogP contribution is -2.51. The Labute approximate surface area is 134 Å². The first-order valence-corrected chi connectivity index (χ1v) is 7.74. The second-order valence-corrected chi connectivity index (χ2v) is 5.54. The van der Waals surface area contributed by atoms with Gasteiger partial charge in [-0.25, -0.2) is 9.18 Å². The van der Waals surface area contributed by atoms with Crippen LogP contribution < -0.4 is 15.5 Å². The Kier molecular flexibility index (Phi) is 6.18. The number of rotatable bonds is 5. The maximum absolute atomic E-state index is 14.1. The van der Waals surface area contributed by atoms with Crippen molar-refractivity contribution in [2.24, 2.45) is 0 Å². The molecule has 0 aliphatic carbocycles. The number of carbonyl (C=O) groups excluding carboxylic acids is 1. The Morgan fingerprint density at radius 1 is 1.52 bits per heavy atom. The minimum atomic E-state index is -0.419. The number of amides is 2. The van der Waals surface area contributed by atoms with Crippen LogP contribution >= 0.6 is 0 Å². The molecule has 2 amide bonds. The second-order valence-electron chi connectivity index (χ2n) is 5.54. The van der Waals surface area contributed by atoms with Gasteiger partial charge in [0.2, 0.25) is 0 Å². The molecule has 1 aliphatic heterocycles. The summed E-state index contributed by atoms with van der Waals surface area (Å²) in [6.07, 6.45) is 2.20. The molecule has 1 saturated heterocycles. The number of nitriles is 1. The molecule has 1 atom stereocenters. The van der Waals surface area contributed by atoms with Crippen molar-refractivity contribution in [2.45, 2.75) is 25.3 Å². The molecule has 0 saturated carbocycles. The number of halogens is 1. The molecular weight excluding hydrogens is 299 g/mol. The highest BCUT2D eigenvalue weighted by atomic mass is 19.1. The number of piperidine rings is 1. The highest BCUT2D eigenvalue weighted by molar-refractivity contribution is 5.74. The molecule has 124 valence electrons. The second kappa shape index (κ2) is 8.34. The fourth-order valence-electron chi connectivity index (χ4n) is 2.66. The Morgan fingerprint density at radius 3 is 3.04 bits per heavy atom. The normalized spacial score (nSPS) is 17.4. The minimum Gasteiger partial charge on any atom is -0.396 e. The molecule has 23 heavy (non-hydrogen) atoms. The molecule has 1 fully saturated rings. The lowest BCUT2D eigenvalue weighted by molar-refractivity contribution is 0.232. The zero-order valence-electron chi connectivity index (χ0n) is 12.9. The maximum atomic E-state index is 14.1. The van der Waals surface area contributed by atoms with Gasteiger partial charge in [0.15, 0.2) is 0 Å². The van der Waals surface area contributed by atoms with Crippen LogP contribution in [0.2, 0.25) is 0 Å².